The molecule has 0 aromatic heterocycles. The van der Waals surface area contributed by atoms with Gasteiger partial charge in [0.15, 0.2) is 0 Å². The molecule has 0 aliphatic carbocycles. The van der Waals surface area contributed by atoms with Gasteiger partial charge in [-0.3, -0.25) is 0 Å². The van der Waals surface area contributed by atoms with E-state index in [1.54, 1.807) is 0 Å². The molecule has 0 bridgehead atoms. The number of sulfonamides is 1. The number of aliphatic hydroxyl groups is 1. The molecule has 0 amide bonds. The molecule has 1 aromatic carbocycles. The number of benzene rings is 1. The minimum Gasteiger partial charge on any atom is -0.392 e. The van der Waals surface area contributed by atoms with Crippen LogP contribution in [0.4, 0.5) is 4.39 Å². The molecule has 1 aliphatic rings. The maximum atomic E-state index is 13.3. The zero-order valence-corrected chi connectivity index (χ0v) is 11.8. The Morgan fingerprint density at radius 3 is 2.63 bits per heavy atom. The minimum atomic E-state index is -3.75. The highest BCUT2D eigenvalue weighted by Gasteiger charge is 2.37. The largest absolute Gasteiger partial charge is 0.392 e. The van der Waals surface area contributed by atoms with Crippen molar-refractivity contribution in [3.8, 4) is 0 Å². The van der Waals surface area contributed by atoms with E-state index in [0.717, 1.165) is 18.6 Å². The topological polar surface area (TPSA) is 57.6 Å². The molecule has 19 heavy (non-hydrogen) atoms. The second kappa shape index (κ2) is 5.19. The lowest BCUT2D eigenvalue weighted by Gasteiger charge is -2.22. The third-order valence-corrected chi connectivity index (χ3v) is 5.58. The summed E-state index contributed by atoms with van der Waals surface area (Å²) in [5, 5.41) is 9.23. The van der Waals surface area contributed by atoms with E-state index >= 15 is 0 Å². The van der Waals surface area contributed by atoms with E-state index in [1.165, 1.54) is 10.4 Å². The molecule has 2 unspecified atom stereocenters. The molecule has 0 saturated carbocycles. The Kier molecular flexibility index (Phi) is 3.94. The predicted molar refractivity (Wildman–Crippen MR) is 69.5 cm³/mol. The van der Waals surface area contributed by atoms with Gasteiger partial charge < -0.3 is 5.11 Å². The fourth-order valence-corrected chi connectivity index (χ4v) is 4.61. The van der Waals surface area contributed by atoms with Crippen LogP contribution in [0.25, 0.3) is 0 Å². The van der Waals surface area contributed by atoms with Gasteiger partial charge in [-0.15, -0.1) is 0 Å². The molecule has 1 N–H and O–H groups in total. The average Bonchev–Trinajstić information content (AvgIpc) is 2.69. The average molecular weight is 287 g/mol. The van der Waals surface area contributed by atoms with Crippen molar-refractivity contribution in [1.82, 2.24) is 4.31 Å². The second-order valence-corrected chi connectivity index (χ2v) is 7.03. The highest BCUT2D eigenvalue weighted by Crippen LogP contribution is 2.30. The van der Waals surface area contributed by atoms with E-state index in [2.05, 4.69) is 0 Å². The van der Waals surface area contributed by atoms with E-state index < -0.39 is 22.4 Å². The summed E-state index contributed by atoms with van der Waals surface area (Å²) in [5.74, 6) is -0.327. The van der Waals surface area contributed by atoms with Crippen molar-refractivity contribution in [1.29, 1.82) is 0 Å². The fourth-order valence-electron chi connectivity index (χ4n) is 2.62. The van der Waals surface area contributed by atoms with Gasteiger partial charge in [0.25, 0.3) is 0 Å². The molecule has 6 heteroatoms. The number of nitrogens with zero attached hydrogens (tertiary/aromatic N) is 1. The first-order chi connectivity index (χ1) is 8.86. The molecule has 106 valence electrons. The van der Waals surface area contributed by atoms with Gasteiger partial charge in [0.2, 0.25) is 10.0 Å². The van der Waals surface area contributed by atoms with Crippen LogP contribution < -0.4 is 0 Å². The molecule has 1 saturated heterocycles. The normalized spacial score (nSPS) is 24.8. The van der Waals surface area contributed by atoms with Crippen molar-refractivity contribution >= 4 is 10.0 Å². The Morgan fingerprint density at radius 2 is 2.11 bits per heavy atom. The van der Waals surface area contributed by atoms with Gasteiger partial charge in [0.1, 0.15) is 5.82 Å². The van der Waals surface area contributed by atoms with Crippen LogP contribution in [0.5, 0.6) is 0 Å². The number of halogens is 1. The number of hydrogen-bond acceptors (Lipinski definition) is 3. The maximum Gasteiger partial charge on any atom is 0.243 e. The molecular formula is C13H18FNO3S. The molecule has 1 aromatic rings. The minimum absolute atomic E-state index is 0.102. The molecule has 0 spiro atoms. The van der Waals surface area contributed by atoms with Crippen LogP contribution >= 0.6 is 0 Å². The lowest BCUT2D eigenvalue weighted by atomic mass is 10.1. The highest BCUT2D eigenvalue weighted by atomic mass is 32.2. The summed E-state index contributed by atoms with van der Waals surface area (Å²) >= 11 is 0. The standard InChI is InChI=1S/C13H18FNO3S/c1-9-5-10(2)15(7-9)19(17,18)13-6-12(14)4-3-11(13)8-16/h3-4,6,9-10,16H,5,7-8H2,1-2H3. The van der Waals surface area contributed by atoms with Crippen LogP contribution in [-0.4, -0.2) is 30.4 Å². The van der Waals surface area contributed by atoms with Crippen LogP contribution in [0.15, 0.2) is 23.1 Å². The molecule has 4 nitrogen and oxygen atoms in total. The van der Waals surface area contributed by atoms with Crippen molar-refractivity contribution in [2.45, 2.75) is 37.8 Å². The zero-order chi connectivity index (χ0) is 14.2. The van der Waals surface area contributed by atoms with Crippen LogP contribution in [0.3, 0.4) is 0 Å². The molecule has 1 fully saturated rings. The number of aliphatic hydroxyl groups excluding tert-OH is 1. The summed E-state index contributed by atoms with van der Waals surface area (Å²) in [6, 6.07) is 3.35. The lowest BCUT2D eigenvalue weighted by molar-refractivity contribution is 0.277. The Hall–Kier alpha value is -0.980. The number of rotatable bonds is 3. The first-order valence-corrected chi connectivity index (χ1v) is 7.71. The smallest absolute Gasteiger partial charge is 0.243 e. The number of hydrogen-bond donors (Lipinski definition) is 1. The summed E-state index contributed by atoms with van der Waals surface area (Å²) in [7, 11) is -3.75. The van der Waals surface area contributed by atoms with Crippen LogP contribution in [0, 0.1) is 11.7 Å². The van der Waals surface area contributed by atoms with Crippen LogP contribution in [-0.2, 0) is 16.6 Å². The van der Waals surface area contributed by atoms with Crippen molar-refractivity contribution < 1.29 is 17.9 Å². The monoisotopic (exact) mass is 287 g/mol. The van der Waals surface area contributed by atoms with Crippen molar-refractivity contribution in [2.24, 2.45) is 5.92 Å². The van der Waals surface area contributed by atoms with Gasteiger partial charge in [-0.1, -0.05) is 13.0 Å². The van der Waals surface area contributed by atoms with Gasteiger partial charge in [-0.2, -0.15) is 4.31 Å². The quantitative estimate of drug-likeness (QED) is 0.921. The maximum absolute atomic E-state index is 13.3. The Labute approximate surface area is 112 Å². The van der Waals surface area contributed by atoms with Gasteiger partial charge in [0, 0.05) is 12.6 Å². The van der Waals surface area contributed by atoms with Gasteiger partial charge in [-0.05, 0) is 37.0 Å². The zero-order valence-electron chi connectivity index (χ0n) is 11.0. The molecule has 2 atom stereocenters. The molecule has 0 radical (unpaired) electrons. The summed E-state index contributed by atoms with van der Waals surface area (Å²) in [6.07, 6.45) is 0.795. The van der Waals surface area contributed by atoms with Crippen molar-refractivity contribution in [3.05, 3.63) is 29.6 Å². The molecule has 1 aliphatic heterocycles. The fraction of sp³-hybridized carbons (Fsp3) is 0.538. The van der Waals surface area contributed by atoms with Gasteiger partial charge in [0.05, 0.1) is 11.5 Å². The second-order valence-electron chi connectivity index (χ2n) is 5.17. The van der Waals surface area contributed by atoms with Crippen molar-refractivity contribution in [2.75, 3.05) is 6.54 Å². The molecule has 2 rings (SSSR count). The Balaban J connectivity index is 2.48. The summed E-state index contributed by atoms with van der Waals surface area (Å²) < 4.78 is 39.8. The van der Waals surface area contributed by atoms with Crippen molar-refractivity contribution in [3.63, 3.8) is 0 Å². The molecular weight excluding hydrogens is 269 g/mol. The van der Waals surface area contributed by atoms with Crippen LogP contribution in [0.2, 0.25) is 0 Å². The third-order valence-electron chi connectivity index (χ3n) is 3.51. The Morgan fingerprint density at radius 1 is 1.42 bits per heavy atom. The first-order valence-electron chi connectivity index (χ1n) is 6.27. The third kappa shape index (κ3) is 2.66. The van der Waals surface area contributed by atoms with E-state index in [4.69, 9.17) is 0 Å². The highest BCUT2D eigenvalue weighted by molar-refractivity contribution is 7.89. The van der Waals surface area contributed by atoms with Gasteiger partial charge in [-0.25, -0.2) is 12.8 Å². The first kappa shape index (κ1) is 14.4. The van der Waals surface area contributed by atoms with E-state index in [1.807, 2.05) is 13.8 Å². The predicted octanol–water partition coefficient (Wildman–Crippen LogP) is 1.74. The van der Waals surface area contributed by atoms with Gasteiger partial charge >= 0.3 is 0 Å². The Bertz CT molecular complexity index is 573. The van der Waals surface area contributed by atoms with Crippen LogP contribution in [0.1, 0.15) is 25.8 Å². The summed E-state index contributed by atoms with van der Waals surface area (Å²) in [4.78, 5) is -0.129. The molecule has 1 heterocycles. The van der Waals surface area contributed by atoms with E-state index in [9.17, 15) is 17.9 Å². The summed E-state index contributed by atoms with van der Waals surface area (Å²) in [6.45, 7) is 3.85. The summed E-state index contributed by atoms with van der Waals surface area (Å²) in [5.41, 5.74) is 0.230. The SMILES string of the molecule is CC1CC(C)N(S(=O)(=O)c2cc(F)ccc2CO)C1. The van der Waals surface area contributed by atoms with E-state index in [-0.39, 0.29) is 22.4 Å². The van der Waals surface area contributed by atoms with E-state index in [0.29, 0.717) is 6.54 Å². The lowest BCUT2D eigenvalue weighted by Crippen LogP contribution is -2.34.